The number of benzene rings is 2. The Kier molecular flexibility index (Phi) is 4.50. The zero-order valence-corrected chi connectivity index (χ0v) is 15.0. The number of ether oxygens (including phenoxy) is 2. The van der Waals surface area contributed by atoms with Crippen LogP contribution in [0.15, 0.2) is 42.7 Å². The quantitative estimate of drug-likeness (QED) is 0.541. The third-order valence-corrected chi connectivity index (χ3v) is 4.50. The Morgan fingerprint density at radius 1 is 1.04 bits per heavy atom. The lowest BCUT2D eigenvalue weighted by atomic mass is 10.1. The molecule has 0 atom stereocenters. The minimum absolute atomic E-state index is 0.287. The normalized spacial score (nSPS) is 11.1. The second-order valence-corrected chi connectivity index (χ2v) is 6.13. The maximum absolute atomic E-state index is 13.6. The zero-order chi connectivity index (χ0) is 18.8. The average Bonchev–Trinajstić information content (AvgIpc) is 3.06. The topological polar surface area (TPSA) is 72.1 Å². The molecule has 0 fully saturated rings. The third-order valence-electron chi connectivity index (χ3n) is 4.50. The van der Waals surface area contributed by atoms with Gasteiger partial charge in [0.15, 0.2) is 17.3 Å². The van der Waals surface area contributed by atoms with Crippen LogP contribution in [0.25, 0.3) is 21.9 Å². The van der Waals surface area contributed by atoms with E-state index in [1.54, 1.807) is 20.3 Å². The lowest BCUT2D eigenvalue weighted by Crippen LogP contribution is -2.07. The van der Waals surface area contributed by atoms with Gasteiger partial charge in [0.1, 0.15) is 23.2 Å². The van der Waals surface area contributed by atoms with Crippen molar-refractivity contribution in [3.05, 3.63) is 54.1 Å². The van der Waals surface area contributed by atoms with Gasteiger partial charge in [-0.3, -0.25) is 0 Å². The first-order valence-corrected chi connectivity index (χ1v) is 8.56. The van der Waals surface area contributed by atoms with E-state index in [2.05, 4.69) is 20.3 Å². The number of nitrogens with one attached hydrogen (secondary N) is 2. The number of H-pyrrole nitrogens is 1. The van der Waals surface area contributed by atoms with Gasteiger partial charge in [0.05, 0.1) is 14.2 Å². The van der Waals surface area contributed by atoms with Crippen LogP contribution in [0.4, 0.5) is 10.2 Å². The van der Waals surface area contributed by atoms with Gasteiger partial charge in [-0.15, -0.1) is 0 Å². The van der Waals surface area contributed by atoms with Gasteiger partial charge in [-0.05, 0) is 42.3 Å². The number of nitrogens with zero attached hydrogens (tertiary/aromatic N) is 2. The lowest BCUT2D eigenvalue weighted by Gasteiger charge is -2.10. The molecule has 0 saturated heterocycles. The third kappa shape index (κ3) is 3.23. The van der Waals surface area contributed by atoms with E-state index in [0.29, 0.717) is 29.4 Å². The van der Waals surface area contributed by atoms with E-state index in [1.165, 1.54) is 18.5 Å². The van der Waals surface area contributed by atoms with Gasteiger partial charge in [0.25, 0.3) is 0 Å². The number of methoxy groups -OCH3 is 2. The Morgan fingerprint density at radius 3 is 2.70 bits per heavy atom. The van der Waals surface area contributed by atoms with Crippen LogP contribution in [0.2, 0.25) is 0 Å². The summed E-state index contributed by atoms with van der Waals surface area (Å²) in [4.78, 5) is 11.9. The summed E-state index contributed by atoms with van der Waals surface area (Å²) in [6, 6.07) is 10.5. The van der Waals surface area contributed by atoms with Crippen molar-refractivity contribution >= 4 is 27.8 Å². The minimum Gasteiger partial charge on any atom is -0.493 e. The summed E-state index contributed by atoms with van der Waals surface area (Å²) in [6.45, 7) is 0.672. The fourth-order valence-corrected chi connectivity index (χ4v) is 3.16. The molecule has 138 valence electrons. The Labute approximate surface area is 155 Å². The predicted octanol–water partition coefficient (Wildman–Crippen LogP) is 3.92. The fourth-order valence-electron chi connectivity index (χ4n) is 3.16. The fraction of sp³-hybridized carbons (Fsp3) is 0.200. The van der Waals surface area contributed by atoms with E-state index in [9.17, 15) is 4.39 Å². The maximum Gasteiger partial charge on any atom is 0.160 e. The minimum atomic E-state index is -0.287. The molecular weight excluding hydrogens is 347 g/mol. The lowest BCUT2D eigenvalue weighted by molar-refractivity contribution is 0.354. The molecule has 0 aliphatic rings. The Bertz CT molecular complexity index is 1110. The van der Waals surface area contributed by atoms with Crippen LogP contribution >= 0.6 is 0 Å². The van der Waals surface area contributed by atoms with Gasteiger partial charge >= 0.3 is 0 Å². The first kappa shape index (κ1) is 17.1. The van der Waals surface area contributed by atoms with E-state index in [4.69, 9.17) is 9.47 Å². The van der Waals surface area contributed by atoms with Crippen LogP contribution in [0.1, 0.15) is 5.56 Å². The highest BCUT2D eigenvalue weighted by Gasteiger charge is 2.11. The van der Waals surface area contributed by atoms with E-state index >= 15 is 0 Å². The van der Waals surface area contributed by atoms with Crippen molar-refractivity contribution in [3.8, 4) is 11.5 Å². The Hall–Kier alpha value is -3.35. The van der Waals surface area contributed by atoms with Crippen LogP contribution in [0.3, 0.4) is 0 Å². The van der Waals surface area contributed by atoms with Crippen molar-refractivity contribution in [1.29, 1.82) is 0 Å². The molecule has 0 aliphatic carbocycles. The van der Waals surface area contributed by atoms with Crippen LogP contribution in [-0.4, -0.2) is 35.7 Å². The molecule has 4 rings (SSSR count). The van der Waals surface area contributed by atoms with Gasteiger partial charge in [0.2, 0.25) is 0 Å². The number of hydrogen-bond acceptors (Lipinski definition) is 5. The zero-order valence-electron chi connectivity index (χ0n) is 15.0. The molecule has 6 nitrogen and oxygen atoms in total. The van der Waals surface area contributed by atoms with Crippen molar-refractivity contribution in [1.82, 2.24) is 15.0 Å². The molecule has 2 heterocycles. The summed E-state index contributed by atoms with van der Waals surface area (Å²) in [7, 11) is 3.24. The highest BCUT2D eigenvalue weighted by Crippen LogP contribution is 2.29. The molecule has 2 aromatic carbocycles. The molecule has 0 aliphatic heterocycles. The van der Waals surface area contributed by atoms with Gasteiger partial charge in [-0.1, -0.05) is 6.07 Å². The van der Waals surface area contributed by atoms with E-state index in [1.807, 2.05) is 18.2 Å². The average molecular weight is 366 g/mol. The molecule has 0 amide bonds. The number of fused-ring (bicyclic) bond motifs is 3. The molecule has 2 aromatic heterocycles. The van der Waals surface area contributed by atoms with Crippen LogP contribution in [-0.2, 0) is 6.42 Å². The maximum atomic E-state index is 13.6. The molecule has 0 radical (unpaired) electrons. The first-order chi connectivity index (χ1) is 13.2. The van der Waals surface area contributed by atoms with Gasteiger partial charge < -0.3 is 19.8 Å². The summed E-state index contributed by atoms with van der Waals surface area (Å²) < 4.78 is 24.2. The van der Waals surface area contributed by atoms with Crippen molar-refractivity contribution in [2.75, 3.05) is 26.1 Å². The van der Waals surface area contributed by atoms with E-state index in [0.717, 1.165) is 28.4 Å². The van der Waals surface area contributed by atoms with Crippen LogP contribution in [0, 0.1) is 5.82 Å². The predicted molar refractivity (Wildman–Crippen MR) is 103 cm³/mol. The monoisotopic (exact) mass is 366 g/mol. The molecule has 0 unspecified atom stereocenters. The number of hydrogen-bond donors (Lipinski definition) is 2. The van der Waals surface area contributed by atoms with Crippen molar-refractivity contribution in [2.45, 2.75) is 6.42 Å². The Morgan fingerprint density at radius 2 is 1.89 bits per heavy atom. The molecule has 2 N–H and O–H groups in total. The standard InChI is InChI=1S/C20H19FN4O2/c1-26-16-6-3-12(9-17(16)27-2)7-8-22-20-19-18(23-11-24-20)14-10-13(21)4-5-15(14)25-19/h3-6,9-11,25H,7-8H2,1-2H3,(H,22,23,24). The van der Waals surface area contributed by atoms with E-state index < -0.39 is 0 Å². The molecule has 7 heteroatoms. The van der Waals surface area contributed by atoms with Crippen molar-refractivity contribution < 1.29 is 13.9 Å². The number of anilines is 1. The van der Waals surface area contributed by atoms with Gasteiger partial charge in [-0.2, -0.15) is 0 Å². The summed E-state index contributed by atoms with van der Waals surface area (Å²) in [6.07, 6.45) is 2.26. The second-order valence-electron chi connectivity index (χ2n) is 6.13. The largest absolute Gasteiger partial charge is 0.493 e. The van der Waals surface area contributed by atoms with Gasteiger partial charge in [0, 0.05) is 17.4 Å². The summed E-state index contributed by atoms with van der Waals surface area (Å²) in [5, 5.41) is 4.08. The van der Waals surface area contributed by atoms with Crippen LogP contribution < -0.4 is 14.8 Å². The Balaban J connectivity index is 1.55. The molecule has 4 aromatic rings. The molecular formula is C20H19FN4O2. The number of halogens is 1. The number of aromatic amines is 1. The number of rotatable bonds is 6. The number of aromatic nitrogens is 3. The molecule has 27 heavy (non-hydrogen) atoms. The second kappa shape index (κ2) is 7.11. The summed E-state index contributed by atoms with van der Waals surface area (Å²) in [5.74, 6) is 1.82. The smallest absolute Gasteiger partial charge is 0.160 e. The SMILES string of the molecule is COc1ccc(CCNc2ncnc3c2[nH]c2ccc(F)cc23)cc1OC. The highest BCUT2D eigenvalue weighted by atomic mass is 19.1. The first-order valence-electron chi connectivity index (χ1n) is 8.56. The van der Waals surface area contributed by atoms with Gasteiger partial charge in [-0.25, -0.2) is 14.4 Å². The molecule has 0 spiro atoms. The van der Waals surface area contributed by atoms with E-state index in [-0.39, 0.29) is 5.82 Å². The highest BCUT2D eigenvalue weighted by molar-refractivity contribution is 6.07. The summed E-state index contributed by atoms with van der Waals surface area (Å²) in [5.41, 5.74) is 3.41. The summed E-state index contributed by atoms with van der Waals surface area (Å²) >= 11 is 0. The molecule has 0 bridgehead atoms. The van der Waals surface area contributed by atoms with Crippen molar-refractivity contribution in [3.63, 3.8) is 0 Å². The molecule has 0 saturated carbocycles. The van der Waals surface area contributed by atoms with Crippen molar-refractivity contribution in [2.24, 2.45) is 0 Å². The van der Waals surface area contributed by atoms with Crippen LogP contribution in [0.5, 0.6) is 11.5 Å².